The number of piperazine rings is 1. The number of rotatable bonds is 3. The summed E-state index contributed by atoms with van der Waals surface area (Å²) in [4.78, 5) is 26.6. The van der Waals surface area contributed by atoms with Gasteiger partial charge >= 0.3 is 0 Å². The van der Waals surface area contributed by atoms with Crippen LogP contribution in [0.15, 0.2) is 30.3 Å². The lowest BCUT2D eigenvalue weighted by atomic mass is 9.72. The molecular formula is C16H20N2O2. The number of hydrogen-bond donors (Lipinski definition) is 1. The molecule has 1 saturated carbocycles. The van der Waals surface area contributed by atoms with Gasteiger partial charge in [-0.2, -0.15) is 0 Å². The molecule has 2 fully saturated rings. The largest absolute Gasteiger partial charge is 0.345 e. The first-order valence-corrected chi connectivity index (χ1v) is 7.33. The minimum Gasteiger partial charge on any atom is -0.345 e. The maximum Gasteiger partial charge on any atom is 0.247 e. The highest BCUT2D eigenvalue weighted by molar-refractivity contribution is 5.96. The van der Waals surface area contributed by atoms with Crippen molar-refractivity contribution in [2.24, 2.45) is 0 Å². The molecule has 4 heteroatoms. The van der Waals surface area contributed by atoms with Crippen molar-refractivity contribution < 1.29 is 9.59 Å². The Kier molecular flexibility index (Phi) is 3.24. The van der Waals surface area contributed by atoms with Crippen LogP contribution in [0.2, 0.25) is 0 Å². The molecule has 1 atom stereocenters. The number of carbonyl (C=O) groups excluding carboxylic acids is 2. The van der Waals surface area contributed by atoms with Crippen molar-refractivity contribution in [3.8, 4) is 0 Å². The van der Waals surface area contributed by atoms with Gasteiger partial charge in [0, 0.05) is 5.54 Å². The van der Waals surface area contributed by atoms with Crippen molar-refractivity contribution in [2.75, 3.05) is 6.54 Å². The van der Waals surface area contributed by atoms with Gasteiger partial charge in [0.05, 0.1) is 6.54 Å². The number of benzene rings is 1. The van der Waals surface area contributed by atoms with Crippen molar-refractivity contribution in [3.05, 3.63) is 35.9 Å². The summed E-state index contributed by atoms with van der Waals surface area (Å²) in [5.74, 6) is -0.0180. The van der Waals surface area contributed by atoms with Crippen molar-refractivity contribution in [1.82, 2.24) is 10.2 Å². The molecule has 1 aromatic carbocycles. The predicted octanol–water partition coefficient (Wildman–Crippen LogP) is 2.02. The van der Waals surface area contributed by atoms with E-state index in [0.717, 1.165) is 31.2 Å². The zero-order valence-electron chi connectivity index (χ0n) is 11.8. The third-order valence-corrected chi connectivity index (χ3v) is 4.76. The fourth-order valence-corrected chi connectivity index (χ4v) is 3.43. The molecule has 3 rings (SSSR count). The molecule has 20 heavy (non-hydrogen) atoms. The maximum absolute atomic E-state index is 12.4. The molecule has 106 valence electrons. The molecule has 2 amide bonds. The second-order valence-electron chi connectivity index (χ2n) is 5.73. The van der Waals surface area contributed by atoms with Crippen molar-refractivity contribution in [1.29, 1.82) is 0 Å². The second-order valence-corrected chi connectivity index (χ2v) is 5.73. The molecule has 1 aliphatic heterocycles. The van der Waals surface area contributed by atoms with Gasteiger partial charge in [0.15, 0.2) is 0 Å². The minimum atomic E-state index is -0.474. The normalized spacial score (nSPS) is 25.1. The van der Waals surface area contributed by atoms with Crippen LogP contribution in [0.5, 0.6) is 0 Å². The van der Waals surface area contributed by atoms with Crippen LogP contribution < -0.4 is 5.32 Å². The van der Waals surface area contributed by atoms with Crippen LogP contribution in [0.25, 0.3) is 0 Å². The smallest absolute Gasteiger partial charge is 0.247 e. The number of nitrogens with zero attached hydrogens (tertiary/aromatic N) is 1. The van der Waals surface area contributed by atoms with Gasteiger partial charge in [0.1, 0.15) is 6.04 Å². The predicted molar refractivity (Wildman–Crippen MR) is 75.9 cm³/mol. The van der Waals surface area contributed by atoms with Crippen LogP contribution in [-0.4, -0.2) is 28.8 Å². The molecule has 0 radical (unpaired) electrons. The highest BCUT2D eigenvalue weighted by Crippen LogP contribution is 2.45. The summed E-state index contributed by atoms with van der Waals surface area (Å²) in [5, 5.41) is 2.72. The maximum atomic E-state index is 12.4. The second kappa shape index (κ2) is 4.93. The summed E-state index contributed by atoms with van der Waals surface area (Å²) in [6.45, 7) is 2.24. The van der Waals surface area contributed by atoms with E-state index in [4.69, 9.17) is 0 Å². The summed E-state index contributed by atoms with van der Waals surface area (Å²) in [5.41, 5.74) is 0.785. The molecule has 1 aromatic rings. The number of nitrogens with one attached hydrogen (secondary N) is 1. The highest BCUT2D eigenvalue weighted by Gasteiger charge is 2.50. The molecule has 0 spiro atoms. The standard InChI is InChI=1S/C16H20N2O2/c1-2-16(9-6-10-16)18-13(19)11-17-15(20)14(18)12-7-4-3-5-8-12/h3-5,7-8,14H,2,6,9-11H2,1H3,(H,17,20). The van der Waals surface area contributed by atoms with Crippen LogP contribution in [-0.2, 0) is 9.59 Å². The van der Waals surface area contributed by atoms with E-state index >= 15 is 0 Å². The molecule has 1 unspecified atom stereocenters. The van der Waals surface area contributed by atoms with E-state index < -0.39 is 6.04 Å². The average molecular weight is 272 g/mol. The Balaban J connectivity index is 2.02. The van der Waals surface area contributed by atoms with Crippen molar-refractivity contribution in [2.45, 2.75) is 44.2 Å². The van der Waals surface area contributed by atoms with E-state index in [2.05, 4.69) is 12.2 Å². The summed E-state index contributed by atoms with van der Waals surface area (Å²) in [6, 6.07) is 9.14. The van der Waals surface area contributed by atoms with E-state index in [9.17, 15) is 9.59 Å². The average Bonchev–Trinajstić information content (AvgIpc) is 2.43. The summed E-state index contributed by atoms with van der Waals surface area (Å²) < 4.78 is 0. The number of hydrogen-bond acceptors (Lipinski definition) is 2. The van der Waals surface area contributed by atoms with E-state index in [1.807, 2.05) is 35.2 Å². The Morgan fingerprint density at radius 1 is 1.25 bits per heavy atom. The van der Waals surface area contributed by atoms with Gasteiger partial charge < -0.3 is 10.2 Å². The molecule has 1 aliphatic carbocycles. The highest BCUT2D eigenvalue weighted by atomic mass is 16.2. The summed E-state index contributed by atoms with van der Waals surface area (Å²) in [7, 11) is 0. The third-order valence-electron chi connectivity index (χ3n) is 4.76. The molecular weight excluding hydrogens is 252 g/mol. The van der Waals surface area contributed by atoms with Crippen molar-refractivity contribution in [3.63, 3.8) is 0 Å². The van der Waals surface area contributed by atoms with Gasteiger partial charge in [-0.1, -0.05) is 37.3 Å². The zero-order chi connectivity index (χ0) is 14.2. The quantitative estimate of drug-likeness (QED) is 0.915. The lowest BCUT2D eigenvalue weighted by Gasteiger charge is -2.54. The molecule has 4 nitrogen and oxygen atoms in total. The van der Waals surface area contributed by atoms with Crippen LogP contribution in [0.4, 0.5) is 0 Å². The Hall–Kier alpha value is -1.84. The van der Waals surface area contributed by atoms with E-state index in [0.29, 0.717) is 0 Å². The van der Waals surface area contributed by atoms with Gasteiger partial charge in [0.25, 0.3) is 0 Å². The van der Waals surface area contributed by atoms with Crippen molar-refractivity contribution >= 4 is 11.8 Å². The molecule has 1 saturated heterocycles. The topological polar surface area (TPSA) is 49.4 Å². The van der Waals surface area contributed by atoms with Gasteiger partial charge in [-0.25, -0.2) is 0 Å². The number of amides is 2. The Bertz CT molecular complexity index is 517. The molecule has 0 bridgehead atoms. The van der Waals surface area contributed by atoms with Crippen LogP contribution >= 0.6 is 0 Å². The van der Waals surface area contributed by atoms with Gasteiger partial charge in [0.2, 0.25) is 11.8 Å². The Morgan fingerprint density at radius 2 is 1.95 bits per heavy atom. The monoisotopic (exact) mass is 272 g/mol. The Labute approximate surface area is 119 Å². The minimum absolute atomic E-state index is 0.0417. The number of carbonyl (C=O) groups is 2. The van der Waals surface area contributed by atoms with E-state index in [1.165, 1.54) is 0 Å². The lowest BCUT2D eigenvalue weighted by Crippen LogP contribution is -2.64. The first kappa shape index (κ1) is 13.2. The molecule has 1 heterocycles. The van der Waals surface area contributed by atoms with E-state index in [1.54, 1.807) is 0 Å². The van der Waals surface area contributed by atoms with Gasteiger partial charge in [-0.3, -0.25) is 9.59 Å². The lowest BCUT2D eigenvalue weighted by molar-refractivity contribution is -0.158. The summed E-state index contributed by atoms with van der Waals surface area (Å²) >= 11 is 0. The van der Waals surface area contributed by atoms with E-state index in [-0.39, 0.29) is 23.9 Å². The first-order chi connectivity index (χ1) is 9.68. The fourth-order valence-electron chi connectivity index (χ4n) is 3.43. The summed E-state index contributed by atoms with van der Waals surface area (Å²) in [6.07, 6.45) is 4.06. The Morgan fingerprint density at radius 3 is 2.50 bits per heavy atom. The van der Waals surface area contributed by atoms with Gasteiger partial charge in [-0.05, 0) is 31.2 Å². The fraction of sp³-hybridized carbons (Fsp3) is 0.500. The van der Waals surface area contributed by atoms with Crippen LogP contribution in [0.1, 0.15) is 44.2 Å². The first-order valence-electron chi connectivity index (χ1n) is 7.33. The van der Waals surface area contributed by atoms with Crippen LogP contribution in [0, 0.1) is 0 Å². The van der Waals surface area contributed by atoms with Crippen LogP contribution in [0.3, 0.4) is 0 Å². The molecule has 0 aromatic heterocycles. The molecule has 1 N–H and O–H groups in total. The zero-order valence-corrected chi connectivity index (χ0v) is 11.8. The van der Waals surface area contributed by atoms with Gasteiger partial charge in [-0.15, -0.1) is 0 Å². The third kappa shape index (κ3) is 1.90. The molecule has 2 aliphatic rings. The SMILES string of the molecule is CCC1(N2C(=O)CNC(=O)C2c2ccccc2)CCC1.